The monoisotopic (exact) mass is 326 g/mol. The first-order valence-electron chi connectivity index (χ1n) is 9.15. The van der Waals surface area contributed by atoms with E-state index in [0.29, 0.717) is 6.42 Å². The minimum absolute atomic E-state index is 0.0695. The van der Waals surface area contributed by atoms with Crippen LogP contribution in [0, 0.1) is 0 Å². The number of carbonyl (C=O) groups is 1. The molecule has 1 aliphatic rings. The third kappa shape index (κ3) is 10.3. The molecule has 1 rings (SSSR count). The summed E-state index contributed by atoms with van der Waals surface area (Å²) in [7, 11) is 1.46. The van der Waals surface area contributed by atoms with Crippen LogP contribution in [0.15, 0.2) is 12.2 Å². The second-order valence-electron chi connectivity index (χ2n) is 6.30. The number of methoxy groups -OCH3 is 1. The summed E-state index contributed by atoms with van der Waals surface area (Å²) in [5.74, 6) is -0.0695. The van der Waals surface area contributed by atoms with E-state index in [1.807, 2.05) is 0 Å². The Morgan fingerprint density at radius 3 is 2.55 bits per heavy atom. The maximum absolute atomic E-state index is 11.0. The molecule has 1 heterocycles. The van der Waals surface area contributed by atoms with Crippen molar-refractivity contribution in [2.75, 3.05) is 7.11 Å². The van der Waals surface area contributed by atoms with Gasteiger partial charge in [0.15, 0.2) is 0 Å². The van der Waals surface area contributed by atoms with E-state index >= 15 is 0 Å². The van der Waals surface area contributed by atoms with Gasteiger partial charge in [-0.05, 0) is 32.1 Å². The molecule has 2 atom stereocenters. The molecule has 0 saturated carbocycles. The topological polar surface area (TPSA) is 26.3 Å². The molecule has 22 heavy (non-hydrogen) atoms. The average molecular weight is 327 g/mol. The lowest BCUT2D eigenvalue weighted by atomic mass is 10.1. The predicted molar refractivity (Wildman–Crippen MR) is 97.4 cm³/mol. The molecule has 0 aromatic rings. The van der Waals surface area contributed by atoms with Crippen LogP contribution < -0.4 is 0 Å². The van der Waals surface area contributed by atoms with Crippen molar-refractivity contribution in [2.45, 2.75) is 94.5 Å². The molecule has 0 radical (unpaired) electrons. The highest BCUT2D eigenvalue weighted by Crippen LogP contribution is 2.46. The highest BCUT2D eigenvalue weighted by atomic mass is 32.2. The van der Waals surface area contributed by atoms with Crippen LogP contribution in [0.1, 0.15) is 84.0 Å². The Kier molecular flexibility index (Phi) is 11.6. The lowest BCUT2D eigenvalue weighted by Crippen LogP contribution is -1.99. The van der Waals surface area contributed by atoms with Gasteiger partial charge < -0.3 is 4.74 Å². The van der Waals surface area contributed by atoms with E-state index in [9.17, 15) is 4.79 Å². The Bertz CT molecular complexity index is 315. The fourth-order valence-corrected chi connectivity index (χ4v) is 3.88. The number of hydrogen-bond acceptors (Lipinski definition) is 3. The Morgan fingerprint density at radius 2 is 1.77 bits per heavy atom. The molecular weight excluding hydrogens is 292 g/mol. The summed E-state index contributed by atoms with van der Waals surface area (Å²) in [6.07, 6.45) is 19.4. The number of hydrogen-bond donors (Lipinski definition) is 0. The van der Waals surface area contributed by atoms with Gasteiger partial charge in [0.25, 0.3) is 0 Å². The van der Waals surface area contributed by atoms with Crippen LogP contribution in [-0.2, 0) is 9.53 Å². The second kappa shape index (κ2) is 13.0. The van der Waals surface area contributed by atoms with Crippen LogP contribution in [-0.4, -0.2) is 23.6 Å². The first-order chi connectivity index (χ1) is 10.8. The van der Waals surface area contributed by atoms with Crippen molar-refractivity contribution in [3.8, 4) is 0 Å². The zero-order valence-corrected chi connectivity index (χ0v) is 15.3. The third-order valence-corrected chi connectivity index (χ3v) is 5.76. The quantitative estimate of drug-likeness (QED) is 0.172. The molecular formula is C19H34O2S. The highest BCUT2D eigenvalue weighted by Gasteiger charge is 2.35. The molecule has 2 unspecified atom stereocenters. The first kappa shape index (κ1) is 19.6. The maximum Gasteiger partial charge on any atom is 0.305 e. The summed E-state index contributed by atoms with van der Waals surface area (Å²) in [6.45, 7) is 2.26. The number of unbranched alkanes of at least 4 members (excludes halogenated alkanes) is 7. The normalized spacial score (nSPS) is 20.5. The Hall–Kier alpha value is -0.440. The minimum Gasteiger partial charge on any atom is -0.469 e. The summed E-state index contributed by atoms with van der Waals surface area (Å²) < 4.78 is 4.64. The lowest BCUT2D eigenvalue weighted by Gasteiger charge is -2.01. The average Bonchev–Trinajstić information content (AvgIpc) is 3.28. The van der Waals surface area contributed by atoms with E-state index in [1.54, 1.807) is 0 Å². The van der Waals surface area contributed by atoms with E-state index in [1.165, 1.54) is 64.9 Å². The van der Waals surface area contributed by atoms with Crippen LogP contribution in [0.5, 0.6) is 0 Å². The smallest absolute Gasteiger partial charge is 0.305 e. The molecule has 0 aliphatic carbocycles. The summed E-state index contributed by atoms with van der Waals surface area (Å²) in [5.41, 5.74) is 0. The molecule has 1 fully saturated rings. The van der Waals surface area contributed by atoms with Crippen molar-refractivity contribution < 1.29 is 9.53 Å². The molecule has 3 heteroatoms. The van der Waals surface area contributed by atoms with Gasteiger partial charge in [-0.2, -0.15) is 11.8 Å². The highest BCUT2D eigenvalue weighted by molar-refractivity contribution is 8.07. The summed E-state index contributed by atoms with van der Waals surface area (Å²) in [6, 6.07) is 0. The fourth-order valence-electron chi connectivity index (χ4n) is 2.75. The molecule has 1 saturated heterocycles. The van der Waals surface area contributed by atoms with Gasteiger partial charge in [0.05, 0.1) is 7.11 Å². The van der Waals surface area contributed by atoms with Gasteiger partial charge in [-0.25, -0.2) is 0 Å². The van der Waals surface area contributed by atoms with Crippen molar-refractivity contribution in [3.63, 3.8) is 0 Å². The summed E-state index contributed by atoms with van der Waals surface area (Å²) in [4.78, 5) is 11.0. The largest absolute Gasteiger partial charge is 0.469 e. The number of allylic oxidation sites excluding steroid dienone is 2. The van der Waals surface area contributed by atoms with Crippen LogP contribution in [0.2, 0.25) is 0 Å². The maximum atomic E-state index is 11.0. The fraction of sp³-hybridized carbons (Fsp3) is 0.842. The molecule has 1 aliphatic heterocycles. The third-order valence-electron chi connectivity index (χ3n) is 4.29. The van der Waals surface area contributed by atoms with Gasteiger partial charge in [-0.1, -0.05) is 57.6 Å². The van der Waals surface area contributed by atoms with E-state index in [2.05, 4.69) is 35.6 Å². The number of carbonyl (C=O) groups excluding carboxylic acids is 1. The number of ether oxygens (including phenoxy) is 1. The molecule has 0 amide bonds. The lowest BCUT2D eigenvalue weighted by molar-refractivity contribution is -0.140. The van der Waals surface area contributed by atoms with Crippen LogP contribution >= 0.6 is 11.8 Å². The van der Waals surface area contributed by atoms with Gasteiger partial charge in [-0.3, -0.25) is 4.79 Å². The van der Waals surface area contributed by atoms with Crippen LogP contribution in [0.25, 0.3) is 0 Å². The Morgan fingerprint density at radius 1 is 1.00 bits per heavy atom. The van der Waals surface area contributed by atoms with E-state index in [-0.39, 0.29) is 5.97 Å². The van der Waals surface area contributed by atoms with E-state index < -0.39 is 0 Å². The van der Waals surface area contributed by atoms with Gasteiger partial charge >= 0.3 is 5.97 Å². The van der Waals surface area contributed by atoms with E-state index in [0.717, 1.165) is 23.3 Å². The molecule has 2 nitrogen and oxygen atoms in total. The minimum atomic E-state index is -0.0695. The van der Waals surface area contributed by atoms with Crippen molar-refractivity contribution in [3.05, 3.63) is 12.2 Å². The first-order valence-corrected chi connectivity index (χ1v) is 10.1. The second-order valence-corrected chi connectivity index (χ2v) is 7.78. The van der Waals surface area contributed by atoms with Gasteiger partial charge in [-0.15, -0.1) is 0 Å². The van der Waals surface area contributed by atoms with Crippen molar-refractivity contribution in [1.82, 2.24) is 0 Å². The van der Waals surface area contributed by atoms with Gasteiger partial charge in [0.2, 0.25) is 0 Å². The number of esters is 1. The zero-order valence-electron chi connectivity index (χ0n) is 14.5. The molecule has 0 N–H and O–H groups in total. The van der Waals surface area contributed by atoms with Crippen molar-refractivity contribution in [1.29, 1.82) is 0 Å². The Labute approximate surface area is 141 Å². The van der Waals surface area contributed by atoms with Gasteiger partial charge in [0.1, 0.15) is 0 Å². The SMILES string of the molecule is CCCCC/C=C\CC1SC1CCCCCCCC(=O)OC. The van der Waals surface area contributed by atoms with Crippen molar-refractivity contribution in [2.24, 2.45) is 0 Å². The molecule has 0 aromatic carbocycles. The molecule has 0 aromatic heterocycles. The molecule has 128 valence electrons. The molecule has 0 spiro atoms. The van der Waals surface area contributed by atoms with Crippen molar-refractivity contribution >= 4 is 17.7 Å². The Balaban J connectivity index is 1.83. The summed E-state index contributed by atoms with van der Waals surface area (Å²) >= 11 is 2.17. The van der Waals surface area contributed by atoms with E-state index in [4.69, 9.17) is 0 Å². The van der Waals surface area contributed by atoms with Crippen LogP contribution in [0.3, 0.4) is 0 Å². The summed E-state index contributed by atoms with van der Waals surface area (Å²) in [5, 5.41) is 1.83. The zero-order chi connectivity index (χ0) is 16.0. The standard InChI is InChI=1S/C19H34O2S/c1-3-4-5-6-8-11-14-17-18(22-17)15-12-9-7-10-13-16-19(20)21-2/h8,11,17-18H,3-7,9-10,12-16H2,1-2H3/b11-8-. The predicted octanol–water partition coefficient (Wildman–Crippen LogP) is 5.90. The number of rotatable bonds is 14. The molecule has 0 bridgehead atoms. The number of thioether (sulfide) groups is 1. The van der Waals surface area contributed by atoms with Gasteiger partial charge in [0, 0.05) is 16.9 Å². The van der Waals surface area contributed by atoms with Crippen LogP contribution in [0.4, 0.5) is 0 Å².